The summed E-state index contributed by atoms with van der Waals surface area (Å²) in [6, 6.07) is 11.0. The Morgan fingerprint density at radius 2 is 1.93 bits per heavy atom. The van der Waals surface area contributed by atoms with Gasteiger partial charge in [0, 0.05) is 18.7 Å². The van der Waals surface area contributed by atoms with Crippen LogP contribution in [0.5, 0.6) is 0 Å². The van der Waals surface area contributed by atoms with Crippen molar-refractivity contribution < 1.29 is 18.4 Å². The summed E-state index contributed by atoms with van der Waals surface area (Å²) in [6.45, 7) is 3.76. The number of aryl methyl sites for hydroxylation is 1. The van der Waals surface area contributed by atoms with Crippen LogP contribution in [0.1, 0.15) is 39.3 Å². The van der Waals surface area contributed by atoms with Gasteiger partial charge in [-0.15, -0.1) is 0 Å². The number of benzene rings is 1. The molecule has 1 aromatic carbocycles. The summed E-state index contributed by atoms with van der Waals surface area (Å²) >= 11 is 0. The van der Waals surface area contributed by atoms with Crippen LogP contribution in [0.3, 0.4) is 0 Å². The van der Waals surface area contributed by atoms with Gasteiger partial charge in [-0.3, -0.25) is 14.3 Å². The van der Waals surface area contributed by atoms with Gasteiger partial charge < -0.3 is 14.2 Å². The van der Waals surface area contributed by atoms with E-state index in [9.17, 15) is 9.59 Å². The van der Waals surface area contributed by atoms with Crippen LogP contribution in [-0.2, 0) is 6.54 Å². The predicted octanol–water partition coefficient (Wildman–Crippen LogP) is 3.94. The van der Waals surface area contributed by atoms with Crippen molar-refractivity contribution in [2.24, 2.45) is 0 Å². The Balaban J connectivity index is 1.46. The second-order valence-corrected chi connectivity index (χ2v) is 6.60. The molecule has 0 saturated heterocycles. The number of ketones is 1. The van der Waals surface area contributed by atoms with E-state index >= 15 is 0 Å². The zero-order valence-electron chi connectivity index (χ0n) is 15.9. The number of carbonyl (C=O) groups excluding carboxylic acids is 2. The highest BCUT2D eigenvalue weighted by molar-refractivity contribution is 6.06. The molecule has 4 rings (SSSR count). The lowest BCUT2D eigenvalue weighted by Crippen LogP contribution is -2.13. The molecule has 0 radical (unpaired) electrons. The number of Topliss-reactive ketones (excluding diaryl/α,β-unsaturated/α-hetero) is 1. The van der Waals surface area contributed by atoms with Crippen LogP contribution >= 0.6 is 0 Å². The van der Waals surface area contributed by atoms with E-state index in [-0.39, 0.29) is 11.5 Å². The molecule has 8 heteroatoms. The largest absolute Gasteiger partial charge is 0.456 e. The average molecular weight is 390 g/mol. The van der Waals surface area contributed by atoms with E-state index in [0.717, 1.165) is 11.1 Å². The van der Waals surface area contributed by atoms with Gasteiger partial charge in [0.05, 0.1) is 18.4 Å². The first kappa shape index (κ1) is 18.4. The van der Waals surface area contributed by atoms with Crippen LogP contribution < -0.4 is 5.32 Å². The first-order valence-electron chi connectivity index (χ1n) is 8.93. The number of oxazole rings is 1. The molecular formula is C21H18N4O4. The number of carbonyl (C=O) groups is 2. The van der Waals surface area contributed by atoms with Gasteiger partial charge in [0.1, 0.15) is 5.76 Å². The highest BCUT2D eigenvalue weighted by atomic mass is 16.3. The minimum Gasteiger partial charge on any atom is -0.456 e. The van der Waals surface area contributed by atoms with Crippen LogP contribution in [0.2, 0.25) is 0 Å². The maximum Gasteiger partial charge on any atom is 0.278 e. The van der Waals surface area contributed by atoms with Gasteiger partial charge in [-0.1, -0.05) is 29.8 Å². The minimum atomic E-state index is -0.397. The van der Waals surface area contributed by atoms with Gasteiger partial charge >= 0.3 is 0 Å². The first-order chi connectivity index (χ1) is 14.0. The molecule has 0 spiro atoms. The summed E-state index contributed by atoms with van der Waals surface area (Å²) in [5.41, 5.74) is 2.58. The Morgan fingerprint density at radius 1 is 1.14 bits per heavy atom. The number of aromatic nitrogens is 3. The van der Waals surface area contributed by atoms with E-state index < -0.39 is 5.91 Å². The highest BCUT2D eigenvalue weighted by Crippen LogP contribution is 2.24. The van der Waals surface area contributed by atoms with E-state index in [4.69, 9.17) is 8.83 Å². The minimum absolute atomic E-state index is 0.137. The molecule has 0 saturated carbocycles. The molecule has 0 aliphatic heterocycles. The van der Waals surface area contributed by atoms with Gasteiger partial charge in [-0.2, -0.15) is 5.10 Å². The van der Waals surface area contributed by atoms with E-state index in [1.165, 1.54) is 19.5 Å². The first-order valence-corrected chi connectivity index (χ1v) is 8.93. The summed E-state index contributed by atoms with van der Waals surface area (Å²) < 4.78 is 12.5. The molecule has 0 fully saturated rings. The fraction of sp³-hybridized carbons (Fsp3) is 0.143. The molecule has 1 amide bonds. The van der Waals surface area contributed by atoms with E-state index in [2.05, 4.69) is 15.4 Å². The lowest BCUT2D eigenvalue weighted by Gasteiger charge is -2.03. The molecular weight excluding hydrogens is 372 g/mol. The maximum atomic E-state index is 12.7. The molecule has 146 valence electrons. The third-order valence-electron chi connectivity index (χ3n) is 4.31. The van der Waals surface area contributed by atoms with Gasteiger partial charge in [0.15, 0.2) is 29.4 Å². The molecule has 0 aliphatic carbocycles. The van der Waals surface area contributed by atoms with Crippen molar-refractivity contribution in [1.82, 2.24) is 14.8 Å². The summed E-state index contributed by atoms with van der Waals surface area (Å²) in [6.07, 6.45) is 4.44. The summed E-state index contributed by atoms with van der Waals surface area (Å²) in [5, 5.41) is 6.97. The van der Waals surface area contributed by atoms with Crippen LogP contribution in [0.4, 0.5) is 5.69 Å². The number of anilines is 1. The zero-order valence-corrected chi connectivity index (χ0v) is 15.9. The Kier molecular flexibility index (Phi) is 4.82. The van der Waals surface area contributed by atoms with E-state index in [1.54, 1.807) is 23.0 Å². The zero-order chi connectivity index (χ0) is 20.4. The normalized spacial score (nSPS) is 10.8. The van der Waals surface area contributed by atoms with Gasteiger partial charge in [-0.25, -0.2) is 4.98 Å². The van der Waals surface area contributed by atoms with Crippen LogP contribution in [0.15, 0.2) is 64.0 Å². The lowest BCUT2D eigenvalue weighted by molar-refractivity contribution is 0.0983. The third kappa shape index (κ3) is 4.01. The Bertz CT molecular complexity index is 1170. The van der Waals surface area contributed by atoms with Crippen molar-refractivity contribution in [2.75, 3.05) is 5.32 Å². The molecule has 1 N–H and O–H groups in total. The van der Waals surface area contributed by atoms with Crippen LogP contribution in [-0.4, -0.2) is 26.5 Å². The molecule has 4 aromatic rings. The fourth-order valence-electron chi connectivity index (χ4n) is 2.83. The number of rotatable bonds is 6. The van der Waals surface area contributed by atoms with Gasteiger partial charge in [0.2, 0.25) is 0 Å². The van der Waals surface area contributed by atoms with Crippen LogP contribution in [0.25, 0.3) is 11.3 Å². The molecule has 0 aliphatic rings. The fourth-order valence-corrected chi connectivity index (χ4v) is 2.83. The molecule has 0 bridgehead atoms. The average Bonchev–Trinajstić information content (AvgIpc) is 3.43. The number of amides is 1. The maximum absolute atomic E-state index is 12.7. The second-order valence-electron chi connectivity index (χ2n) is 6.60. The van der Waals surface area contributed by atoms with Crippen LogP contribution in [0, 0.1) is 6.92 Å². The number of furan rings is 1. The number of hydrogen-bond donors (Lipinski definition) is 1. The van der Waals surface area contributed by atoms with Crippen molar-refractivity contribution in [2.45, 2.75) is 20.4 Å². The molecule has 8 nitrogen and oxygen atoms in total. The second kappa shape index (κ2) is 7.59. The lowest BCUT2D eigenvalue weighted by atomic mass is 10.1. The van der Waals surface area contributed by atoms with E-state index in [1.807, 2.05) is 31.2 Å². The number of nitrogens with one attached hydrogen (secondary N) is 1. The molecule has 3 aromatic heterocycles. The van der Waals surface area contributed by atoms with Crippen molar-refractivity contribution in [1.29, 1.82) is 0 Å². The predicted molar refractivity (Wildman–Crippen MR) is 105 cm³/mol. The molecule has 3 heterocycles. The van der Waals surface area contributed by atoms with Gasteiger partial charge in [0.25, 0.3) is 5.91 Å². The third-order valence-corrected chi connectivity index (χ3v) is 4.31. The van der Waals surface area contributed by atoms with Crippen molar-refractivity contribution in [3.05, 3.63) is 78.0 Å². The monoisotopic (exact) mass is 390 g/mol. The Labute approximate surface area is 166 Å². The Hall–Kier alpha value is -3.94. The topological polar surface area (TPSA) is 103 Å². The van der Waals surface area contributed by atoms with Crippen molar-refractivity contribution in [3.8, 4) is 11.3 Å². The Morgan fingerprint density at radius 3 is 2.66 bits per heavy atom. The highest BCUT2D eigenvalue weighted by Gasteiger charge is 2.19. The summed E-state index contributed by atoms with van der Waals surface area (Å²) in [4.78, 5) is 28.0. The van der Waals surface area contributed by atoms with Gasteiger partial charge in [-0.05, 0) is 19.1 Å². The quantitative estimate of drug-likeness (QED) is 0.500. The SMILES string of the molecule is CC(=O)c1ccc(Cn2cc(NC(=O)c3ncoc3-c3ccc(C)cc3)cn2)o1. The van der Waals surface area contributed by atoms with E-state index in [0.29, 0.717) is 29.5 Å². The van der Waals surface area contributed by atoms with Crippen molar-refractivity contribution in [3.63, 3.8) is 0 Å². The summed E-state index contributed by atoms with van der Waals surface area (Å²) in [7, 11) is 0. The molecule has 0 unspecified atom stereocenters. The smallest absolute Gasteiger partial charge is 0.278 e. The number of nitrogens with zero attached hydrogens (tertiary/aromatic N) is 3. The standard InChI is InChI=1S/C21H18N4O4/c1-13-3-5-15(6-4-13)20-19(22-12-28-20)21(27)24-16-9-23-25(10-16)11-17-7-8-18(29-17)14(2)26/h3-10,12H,11H2,1-2H3,(H,24,27). The van der Waals surface area contributed by atoms with Crippen molar-refractivity contribution >= 4 is 17.4 Å². The summed E-state index contributed by atoms with van der Waals surface area (Å²) in [5.74, 6) is 0.763. The number of hydrogen-bond acceptors (Lipinski definition) is 6. The molecule has 0 atom stereocenters. The molecule has 29 heavy (non-hydrogen) atoms.